The predicted molar refractivity (Wildman–Crippen MR) is 92.8 cm³/mol. The Bertz CT molecular complexity index is 748. The van der Waals surface area contributed by atoms with E-state index in [4.69, 9.17) is 9.47 Å². The third-order valence-electron chi connectivity index (χ3n) is 4.50. The lowest BCUT2D eigenvalue weighted by atomic mass is 10.00. The van der Waals surface area contributed by atoms with Crippen molar-refractivity contribution in [3.05, 3.63) is 54.1 Å². The van der Waals surface area contributed by atoms with Crippen molar-refractivity contribution in [1.29, 1.82) is 0 Å². The van der Waals surface area contributed by atoms with Crippen LogP contribution >= 0.6 is 0 Å². The van der Waals surface area contributed by atoms with E-state index in [9.17, 15) is 14.3 Å². The number of hydrogen-bond donors (Lipinski definition) is 1. The van der Waals surface area contributed by atoms with Gasteiger partial charge in [-0.05, 0) is 42.7 Å². The largest absolute Gasteiger partial charge is 0.494 e. The summed E-state index contributed by atoms with van der Waals surface area (Å²) in [4.78, 5) is 17.7. The number of ether oxygens (including phenoxy) is 2. The van der Waals surface area contributed by atoms with E-state index < -0.39 is 17.8 Å². The minimum absolute atomic E-state index is 0.0116. The van der Waals surface area contributed by atoms with Crippen LogP contribution < -0.4 is 9.47 Å². The van der Waals surface area contributed by atoms with Crippen molar-refractivity contribution in [3.8, 4) is 11.5 Å². The number of hydrogen-bond acceptors (Lipinski definition) is 5. The van der Waals surface area contributed by atoms with Crippen LogP contribution in [0.2, 0.25) is 0 Å². The third kappa shape index (κ3) is 4.11. The molecule has 0 spiro atoms. The first-order chi connectivity index (χ1) is 12.6. The lowest BCUT2D eigenvalue weighted by molar-refractivity contribution is -0.144. The van der Waals surface area contributed by atoms with Gasteiger partial charge in [0, 0.05) is 19.3 Å². The highest BCUT2D eigenvalue weighted by Crippen LogP contribution is 2.29. The molecule has 0 bridgehead atoms. The van der Waals surface area contributed by atoms with Crippen LogP contribution in [0.25, 0.3) is 0 Å². The molecule has 26 heavy (non-hydrogen) atoms. The van der Waals surface area contributed by atoms with Crippen molar-refractivity contribution in [2.24, 2.45) is 0 Å². The van der Waals surface area contributed by atoms with E-state index in [1.165, 1.54) is 19.2 Å². The van der Waals surface area contributed by atoms with Crippen LogP contribution in [-0.4, -0.2) is 47.3 Å². The van der Waals surface area contributed by atoms with Crippen LogP contribution in [0.1, 0.15) is 24.4 Å². The quantitative estimate of drug-likeness (QED) is 0.854. The van der Waals surface area contributed by atoms with Crippen molar-refractivity contribution in [2.75, 3.05) is 20.2 Å². The van der Waals surface area contributed by atoms with Crippen molar-refractivity contribution < 1.29 is 23.8 Å². The Morgan fingerprint density at radius 2 is 2.12 bits per heavy atom. The predicted octanol–water partition coefficient (Wildman–Crippen LogP) is 2.90. The number of nitrogens with zero attached hydrogens (tertiary/aromatic N) is 2. The number of piperidine rings is 1. The number of halogens is 1. The van der Waals surface area contributed by atoms with Crippen LogP contribution in [0, 0.1) is 5.82 Å². The number of carbonyl (C=O) groups is 1. The molecule has 0 aliphatic carbocycles. The molecule has 1 aromatic carbocycles. The fraction of sp³-hybridized carbons (Fsp3) is 0.368. The molecule has 1 N–H and O–H groups in total. The molecule has 1 saturated heterocycles. The van der Waals surface area contributed by atoms with Crippen molar-refractivity contribution in [2.45, 2.75) is 25.0 Å². The first-order valence-corrected chi connectivity index (χ1v) is 8.45. The van der Waals surface area contributed by atoms with E-state index in [0.29, 0.717) is 37.2 Å². The Morgan fingerprint density at radius 3 is 2.69 bits per heavy atom. The van der Waals surface area contributed by atoms with Gasteiger partial charge in [0.1, 0.15) is 17.9 Å². The topological polar surface area (TPSA) is 71.9 Å². The minimum atomic E-state index is -0.999. The van der Waals surface area contributed by atoms with Crippen LogP contribution in [-0.2, 0) is 4.79 Å². The average Bonchev–Trinajstić information content (AvgIpc) is 2.64. The number of likely N-dealkylation sites (tertiary alicyclic amines) is 1. The SMILES string of the molecule is COc1ccc([C@@H](C(=O)O)N2CCC(Oc3cccnc3)CC2)cc1F. The van der Waals surface area contributed by atoms with Crippen molar-refractivity contribution in [3.63, 3.8) is 0 Å². The summed E-state index contributed by atoms with van der Waals surface area (Å²) in [7, 11) is 1.37. The second-order valence-corrected chi connectivity index (χ2v) is 6.18. The van der Waals surface area contributed by atoms with Gasteiger partial charge in [0.25, 0.3) is 0 Å². The molecule has 138 valence electrons. The summed E-state index contributed by atoms with van der Waals surface area (Å²) in [6, 6.07) is 7.05. The lowest BCUT2D eigenvalue weighted by Crippen LogP contribution is -2.43. The number of pyridine rings is 1. The number of methoxy groups -OCH3 is 1. The van der Waals surface area contributed by atoms with Gasteiger partial charge in [-0.15, -0.1) is 0 Å². The van der Waals surface area contributed by atoms with Crippen LogP contribution in [0.5, 0.6) is 11.5 Å². The number of benzene rings is 1. The second-order valence-electron chi connectivity index (χ2n) is 6.18. The molecule has 1 aliphatic rings. The van der Waals surface area contributed by atoms with Gasteiger partial charge in [-0.25, -0.2) is 4.39 Å². The van der Waals surface area contributed by atoms with Gasteiger partial charge in [0.2, 0.25) is 0 Å². The first-order valence-electron chi connectivity index (χ1n) is 8.45. The van der Waals surface area contributed by atoms with E-state index in [-0.39, 0.29) is 11.9 Å². The number of aromatic nitrogens is 1. The van der Waals surface area contributed by atoms with Gasteiger partial charge in [0.15, 0.2) is 11.6 Å². The van der Waals surface area contributed by atoms with E-state index in [0.717, 1.165) is 0 Å². The van der Waals surface area contributed by atoms with E-state index >= 15 is 0 Å². The summed E-state index contributed by atoms with van der Waals surface area (Å²) in [5.74, 6) is -0.758. The zero-order valence-corrected chi connectivity index (χ0v) is 14.5. The Hall–Kier alpha value is -2.67. The maximum atomic E-state index is 14.0. The van der Waals surface area contributed by atoms with Gasteiger partial charge in [-0.3, -0.25) is 14.7 Å². The maximum Gasteiger partial charge on any atom is 0.325 e. The molecule has 7 heteroatoms. The third-order valence-corrected chi connectivity index (χ3v) is 4.50. The zero-order valence-electron chi connectivity index (χ0n) is 14.5. The summed E-state index contributed by atoms with van der Waals surface area (Å²) in [5, 5.41) is 9.66. The first kappa shape index (κ1) is 18.1. The molecule has 0 saturated carbocycles. The Labute approximate surface area is 151 Å². The molecular formula is C19H21FN2O4. The molecule has 2 heterocycles. The standard InChI is InChI=1S/C19H21FN2O4/c1-25-17-5-4-13(11-16(17)20)18(19(23)24)22-9-6-14(7-10-22)26-15-3-2-8-21-12-15/h2-5,8,11-12,14,18H,6-7,9-10H2,1H3,(H,23,24)/t18-/m0/s1. The maximum absolute atomic E-state index is 14.0. The molecule has 0 radical (unpaired) electrons. The molecule has 6 nitrogen and oxygen atoms in total. The summed E-state index contributed by atoms with van der Waals surface area (Å²) < 4.78 is 24.8. The second kappa shape index (κ2) is 8.14. The number of carboxylic acids is 1. The van der Waals surface area contributed by atoms with E-state index in [1.807, 2.05) is 17.0 Å². The molecule has 2 aromatic rings. The highest BCUT2D eigenvalue weighted by Gasteiger charge is 2.32. The summed E-state index contributed by atoms with van der Waals surface area (Å²) in [6.07, 6.45) is 4.74. The van der Waals surface area contributed by atoms with Gasteiger partial charge in [0.05, 0.1) is 13.3 Å². The zero-order chi connectivity index (χ0) is 18.5. The van der Waals surface area contributed by atoms with Crippen LogP contribution in [0.3, 0.4) is 0 Å². The highest BCUT2D eigenvalue weighted by atomic mass is 19.1. The summed E-state index contributed by atoms with van der Waals surface area (Å²) in [5.41, 5.74) is 0.405. The van der Waals surface area contributed by atoms with Gasteiger partial charge >= 0.3 is 5.97 Å². The number of rotatable bonds is 6. The smallest absolute Gasteiger partial charge is 0.325 e. The minimum Gasteiger partial charge on any atom is -0.494 e. The van der Waals surface area contributed by atoms with Gasteiger partial charge in [-0.1, -0.05) is 6.07 Å². The molecule has 1 fully saturated rings. The molecule has 1 atom stereocenters. The molecular weight excluding hydrogens is 339 g/mol. The molecule has 0 unspecified atom stereocenters. The Morgan fingerprint density at radius 1 is 1.35 bits per heavy atom. The van der Waals surface area contributed by atoms with E-state index in [2.05, 4.69) is 4.98 Å². The molecule has 0 amide bonds. The number of aliphatic carboxylic acids is 1. The molecule has 1 aliphatic heterocycles. The molecule has 3 rings (SSSR count). The normalized spacial score (nSPS) is 16.8. The fourth-order valence-electron chi connectivity index (χ4n) is 3.22. The van der Waals surface area contributed by atoms with Gasteiger partial charge in [-0.2, -0.15) is 0 Å². The highest BCUT2D eigenvalue weighted by molar-refractivity contribution is 5.75. The van der Waals surface area contributed by atoms with Gasteiger partial charge < -0.3 is 14.6 Å². The van der Waals surface area contributed by atoms with Crippen molar-refractivity contribution in [1.82, 2.24) is 9.88 Å². The number of carboxylic acid groups (broad SMARTS) is 1. The fourth-order valence-corrected chi connectivity index (χ4v) is 3.22. The van der Waals surface area contributed by atoms with Crippen LogP contribution in [0.15, 0.2) is 42.7 Å². The van der Waals surface area contributed by atoms with Crippen molar-refractivity contribution >= 4 is 5.97 Å². The monoisotopic (exact) mass is 360 g/mol. The summed E-state index contributed by atoms with van der Waals surface area (Å²) >= 11 is 0. The van der Waals surface area contributed by atoms with Crippen LogP contribution in [0.4, 0.5) is 4.39 Å². The van der Waals surface area contributed by atoms with E-state index in [1.54, 1.807) is 18.5 Å². The lowest BCUT2D eigenvalue weighted by Gasteiger charge is -2.35. The average molecular weight is 360 g/mol. The molecule has 1 aromatic heterocycles. The summed E-state index contributed by atoms with van der Waals surface area (Å²) in [6.45, 7) is 1.10. The Kier molecular flexibility index (Phi) is 5.68. The Balaban J connectivity index is 1.67.